The maximum absolute atomic E-state index is 5.83. The van der Waals surface area contributed by atoms with Crippen molar-refractivity contribution in [2.24, 2.45) is 0 Å². The van der Waals surface area contributed by atoms with Gasteiger partial charge in [-0.05, 0) is 36.2 Å². The molecule has 0 radical (unpaired) electrons. The van der Waals surface area contributed by atoms with Crippen molar-refractivity contribution in [3.63, 3.8) is 0 Å². The lowest BCUT2D eigenvalue weighted by molar-refractivity contribution is 0.922. The van der Waals surface area contributed by atoms with E-state index < -0.39 is 0 Å². The van der Waals surface area contributed by atoms with Gasteiger partial charge >= 0.3 is 0 Å². The minimum absolute atomic E-state index is 0.498. The first-order valence-electron chi connectivity index (χ1n) is 5.76. The second-order valence-corrected chi connectivity index (χ2v) is 4.30. The van der Waals surface area contributed by atoms with Crippen LogP contribution in [-0.2, 0) is 6.42 Å². The monoisotopic (exact) mass is 246 g/mol. The minimum Gasteiger partial charge on any atom is -0.340 e. The fourth-order valence-electron chi connectivity index (χ4n) is 1.67. The molecule has 0 unspecified atom stereocenters. The molecule has 2 rings (SSSR count). The standard InChI is InChI=1S/C14H15ClN2/c1-2-4-11-7-9-12(10-8-11)16-14-6-3-5-13(15)17-14/h3,5-10H,2,4H2,1H3,(H,16,17). The molecule has 2 nitrogen and oxygen atoms in total. The molecule has 1 aromatic heterocycles. The van der Waals surface area contributed by atoms with E-state index in [1.807, 2.05) is 12.1 Å². The van der Waals surface area contributed by atoms with Gasteiger partial charge in [0.1, 0.15) is 11.0 Å². The molecular weight excluding hydrogens is 232 g/mol. The average molecular weight is 247 g/mol. The first kappa shape index (κ1) is 11.9. The fourth-order valence-corrected chi connectivity index (χ4v) is 1.83. The lowest BCUT2D eigenvalue weighted by Gasteiger charge is -2.06. The molecule has 0 saturated carbocycles. The van der Waals surface area contributed by atoms with Crippen molar-refractivity contribution in [3.8, 4) is 0 Å². The molecule has 0 aliphatic carbocycles. The zero-order chi connectivity index (χ0) is 12.1. The van der Waals surface area contributed by atoms with Gasteiger partial charge in [-0.3, -0.25) is 0 Å². The van der Waals surface area contributed by atoms with E-state index in [0.29, 0.717) is 5.15 Å². The zero-order valence-electron chi connectivity index (χ0n) is 9.78. The van der Waals surface area contributed by atoms with Crippen molar-refractivity contribution < 1.29 is 0 Å². The van der Waals surface area contributed by atoms with Gasteiger partial charge in [-0.1, -0.05) is 43.1 Å². The Hall–Kier alpha value is -1.54. The highest BCUT2D eigenvalue weighted by molar-refractivity contribution is 6.29. The molecule has 0 fully saturated rings. The molecule has 1 heterocycles. The second-order valence-electron chi connectivity index (χ2n) is 3.92. The van der Waals surface area contributed by atoms with Crippen molar-refractivity contribution in [2.45, 2.75) is 19.8 Å². The second kappa shape index (κ2) is 5.69. The largest absolute Gasteiger partial charge is 0.340 e. The summed E-state index contributed by atoms with van der Waals surface area (Å²) in [4.78, 5) is 4.18. The lowest BCUT2D eigenvalue weighted by Crippen LogP contribution is -1.93. The van der Waals surface area contributed by atoms with E-state index in [0.717, 1.165) is 17.9 Å². The van der Waals surface area contributed by atoms with Crippen LogP contribution in [0.25, 0.3) is 0 Å². The van der Waals surface area contributed by atoms with Gasteiger partial charge in [0.25, 0.3) is 0 Å². The number of pyridine rings is 1. The predicted octanol–water partition coefficient (Wildman–Crippen LogP) is 4.43. The van der Waals surface area contributed by atoms with Gasteiger partial charge in [0.15, 0.2) is 0 Å². The molecular formula is C14H15ClN2. The number of benzene rings is 1. The molecule has 0 aliphatic rings. The topological polar surface area (TPSA) is 24.9 Å². The first-order valence-corrected chi connectivity index (χ1v) is 6.14. The van der Waals surface area contributed by atoms with Crippen LogP contribution in [0.1, 0.15) is 18.9 Å². The highest BCUT2D eigenvalue weighted by Gasteiger charge is 1.97. The molecule has 0 aliphatic heterocycles. The molecule has 2 aromatic rings. The number of hydrogen-bond donors (Lipinski definition) is 1. The van der Waals surface area contributed by atoms with Gasteiger partial charge in [0, 0.05) is 5.69 Å². The minimum atomic E-state index is 0.498. The van der Waals surface area contributed by atoms with Crippen LogP contribution in [0.2, 0.25) is 5.15 Å². The van der Waals surface area contributed by atoms with E-state index in [9.17, 15) is 0 Å². The van der Waals surface area contributed by atoms with E-state index in [4.69, 9.17) is 11.6 Å². The summed E-state index contributed by atoms with van der Waals surface area (Å²) in [6.45, 7) is 2.18. The summed E-state index contributed by atoms with van der Waals surface area (Å²) >= 11 is 5.83. The van der Waals surface area contributed by atoms with Crippen molar-refractivity contribution in [1.29, 1.82) is 0 Å². The first-order chi connectivity index (χ1) is 8.28. The number of anilines is 2. The van der Waals surface area contributed by atoms with Crippen molar-refractivity contribution in [3.05, 3.63) is 53.2 Å². The zero-order valence-corrected chi connectivity index (χ0v) is 10.5. The van der Waals surface area contributed by atoms with Gasteiger partial charge < -0.3 is 5.32 Å². The van der Waals surface area contributed by atoms with Crippen LogP contribution in [0.5, 0.6) is 0 Å². The molecule has 88 valence electrons. The SMILES string of the molecule is CCCc1ccc(Nc2cccc(Cl)n2)cc1. The fraction of sp³-hybridized carbons (Fsp3) is 0.214. The molecule has 0 spiro atoms. The molecule has 0 amide bonds. The Bertz CT molecular complexity index is 480. The number of nitrogens with zero attached hydrogens (tertiary/aromatic N) is 1. The van der Waals surface area contributed by atoms with E-state index in [2.05, 4.69) is 41.5 Å². The number of hydrogen-bond acceptors (Lipinski definition) is 2. The summed E-state index contributed by atoms with van der Waals surface area (Å²) in [7, 11) is 0. The van der Waals surface area contributed by atoms with Crippen LogP contribution < -0.4 is 5.32 Å². The Morgan fingerprint density at radius 3 is 2.53 bits per heavy atom. The highest BCUT2D eigenvalue weighted by atomic mass is 35.5. The number of rotatable bonds is 4. The van der Waals surface area contributed by atoms with Crippen molar-refractivity contribution in [1.82, 2.24) is 4.98 Å². The van der Waals surface area contributed by atoms with Gasteiger partial charge in [0.05, 0.1) is 0 Å². The average Bonchev–Trinajstić information content (AvgIpc) is 2.32. The van der Waals surface area contributed by atoms with Crippen LogP contribution in [0.4, 0.5) is 11.5 Å². The number of aromatic nitrogens is 1. The van der Waals surface area contributed by atoms with Gasteiger partial charge in [-0.25, -0.2) is 4.98 Å². The van der Waals surface area contributed by atoms with Crippen LogP contribution in [0.15, 0.2) is 42.5 Å². The molecule has 0 bridgehead atoms. The quantitative estimate of drug-likeness (QED) is 0.808. The molecule has 0 saturated heterocycles. The van der Waals surface area contributed by atoms with Crippen molar-refractivity contribution in [2.75, 3.05) is 5.32 Å². The predicted molar refractivity (Wildman–Crippen MR) is 73.0 cm³/mol. The van der Waals surface area contributed by atoms with E-state index in [-0.39, 0.29) is 0 Å². The normalized spacial score (nSPS) is 10.2. The van der Waals surface area contributed by atoms with E-state index in [1.165, 1.54) is 12.0 Å². The molecule has 1 N–H and O–H groups in total. The van der Waals surface area contributed by atoms with Crippen LogP contribution >= 0.6 is 11.6 Å². The number of aryl methyl sites for hydroxylation is 1. The van der Waals surface area contributed by atoms with Crippen LogP contribution in [0, 0.1) is 0 Å². The summed E-state index contributed by atoms with van der Waals surface area (Å²) in [5.74, 6) is 0.765. The molecule has 0 atom stereocenters. The third-order valence-corrected chi connectivity index (χ3v) is 2.69. The lowest BCUT2D eigenvalue weighted by atomic mass is 10.1. The van der Waals surface area contributed by atoms with Gasteiger partial charge in [-0.15, -0.1) is 0 Å². The third-order valence-electron chi connectivity index (χ3n) is 2.48. The third kappa shape index (κ3) is 3.46. The van der Waals surface area contributed by atoms with E-state index in [1.54, 1.807) is 6.07 Å². The highest BCUT2D eigenvalue weighted by Crippen LogP contribution is 2.17. The number of nitrogens with one attached hydrogen (secondary N) is 1. The maximum Gasteiger partial charge on any atom is 0.132 e. The van der Waals surface area contributed by atoms with E-state index >= 15 is 0 Å². The Morgan fingerprint density at radius 2 is 1.88 bits per heavy atom. The Morgan fingerprint density at radius 1 is 1.12 bits per heavy atom. The summed E-state index contributed by atoms with van der Waals surface area (Å²) in [5.41, 5.74) is 2.39. The Balaban J connectivity index is 2.08. The number of halogens is 1. The molecule has 1 aromatic carbocycles. The molecule has 3 heteroatoms. The van der Waals surface area contributed by atoms with Crippen LogP contribution in [0.3, 0.4) is 0 Å². The summed E-state index contributed by atoms with van der Waals surface area (Å²) in [5, 5.41) is 3.72. The van der Waals surface area contributed by atoms with Crippen molar-refractivity contribution >= 4 is 23.1 Å². The Labute approximate surface area is 107 Å². The Kier molecular flexibility index (Phi) is 3.99. The van der Waals surface area contributed by atoms with Crippen LogP contribution in [-0.4, -0.2) is 4.98 Å². The summed E-state index contributed by atoms with van der Waals surface area (Å²) in [6, 6.07) is 13.9. The molecule has 17 heavy (non-hydrogen) atoms. The van der Waals surface area contributed by atoms with Gasteiger partial charge in [0.2, 0.25) is 0 Å². The van der Waals surface area contributed by atoms with Gasteiger partial charge in [-0.2, -0.15) is 0 Å². The summed E-state index contributed by atoms with van der Waals surface area (Å²) < 4.78 is 0. The smallest absolute Gasteiger partial charge is 0.132 e. The maximum atomic E-state index is 5.83. The summed E-state index contributed by atoms with van der Waals surface area (Å²) in [6.07, 6.45) is 2.29.